The van der Waals surface area contributed by atoms with Gasteiger partial charge in [-0.25, -0.2) is 0 Å². The number of pyridine rings is 1. The normalized spacial score (nSPS) is 14.5. The second kappa shape index (κ2) is 1.88. The Morgan fingerprint density at radius 3 is 2.55 bits per heavy atom. The molecule has 0 unspecified atom stereocenters. The van der Waals surface area contributed by atoms with E-state index >= 15 is 0 Å². The van der Waals surface area contributed by atoms with Crippen LogP contribution in [0, 0.1) is 0 Å². The van der Waals surface area contributed by atoms with Crippen LogP contribution < -0.4 is 5.32 Å². The number of fused-ring (bicyclic) bond motifs is 1. The maximum Gasteiger partial charge on any atom is 0.282 e. The number of imide groups is 1. The molecule has 4 nitrogen and oxygen atoms in total. The Bertz CT molecular complexity index is 313. The van der Waals surface area contributed by atoms with Gasteiger partial charge in [-0.15, -0.1) is 0 Å². The predicted molar refractivity (Wildman–Crippen MR) is 35.0 cm³/mol. The molecule has 0 saturated carbocycles. The number of hydrogen-bond acceptors (Lipinski definition) is 3. The summed E-state index contributed by atoms with van der Waals surface area (Å²) >= 11 is 0. The van der Waals surface area contributed by atoms with E-state index in [2.05, 4.69) is 10.3 Å². The Labute approximate surface area is 62.2 Å². The maximum atomic E-state index is 10.9. The smallest absolute Gasteiger partial charge is 0.267 e. The summed E-state index contributed by atoms with van der Waals surface area (Å²) in [5, 5.41) is 3.24. The van der Waals surface area contributed by atoms with Gasteiger partial charge < -0.3 is 0 Å². The molecule has 11 heavy (non-hydrogen) atoms. The molecular formula is C7H3N2O2. The maximum absolute atomic E-state index is 10.9. The summed E-state index contributed by atoms with van der Waals surface area (Å²) in [5.41, 5.74) is 0.655. The Balaban J connectivity index is 2.69. The summed E-state index contributed by atoms with van der Waals surface area (Å²) < 4.78 is 0. The fourth-order valence-corrected chi connectivity index (χ4v) is 0.964. The lowest BCUT2D eigenvalue weighted by molar-refractivity contribution is 0.0873. The van der Waals surface area contributed by atoms with Crippen molar-refractivity contribution in [2.24, 2.45) is 0 Å². The van der Waals surface area contributed by atoms with Crippen LogP contribution in [-0.2, 0) is 0 Å². The largest absolute Gasteiger partial charge is 0.282 e. The Morgan fingerprint density at radius 1 is 1.09 bits per heavy atom. The van der Waals surface area contributed by atoms with Gasteiger partial charge in [-0.05, 0) is 6.07 Å². The molecule has 0 N–H and O–H groups in total. The van der Waals surface area contributed by atoms with Crippen molar-refractivity contribution in [1.29, 1.82) is 0 Å². The quantitative estimate of drug-likeness (QED) is 0.484. The molecule has 1 aliphatic rings. The van der Waals surface area contributed by atoms with Crippen molar-refractivity contribution in [2.75, 3.05) is 0 Å². The van der Waals surface area contributed by atoms with Crippen molar-refractivity contribution in [3.05, 3.63) is 29.6 Å². The SMILES string of the molecule is O=C1[N]C(=O)c2cnccc21. The van der Waals surface area contributed by atoms with E-state index in [1.807, 2.05) is 0 Å². The number of hydrogen-bond donors (Lipinski definition) is 0. The fraction of sp³-hybridized carbons (Fsp3) is 0. The number of nitrogens with zero attached hydrogens (tertiary/aromatic N) is 2. The molecule has 0 atom stereocenters. The van der Waals surface area contributed by atoms with Gasteiger partial charge in [0.2, 0.25) is 0 Å². The third-order valence-corrected chi connectivity index (χ3v) is 1.48. The molecule has 0 saturated heterocycles. The van der Waals surface area contributed by atoms with Gasteiger partial charge in [0.05, 0.1) is 11.1 Å². The van der Waals surface area contributed by atoms with Crippen molar-refractivity contribution in [3.63, 3.8) is 0 Å². The first-order valence-corrected chi connectivity index (χ1v) is 3.03. The first kappa shape index (κ1) is 6.03. The zero-order chi connectivity index (χ0) is 7.84. The lowest BCUT2D eigenvalue weighted by Gasteiger charge is -1.87. The molecule has 53 valence electrons. The first-order chi connectivity index (χ1) is 5.29. The van der Waals surface area contributed by atoms with Gasteiger partial charge in [-0.3, -0.25) is 14.6 Å². The van der Waals surface area contributed by atoms with Crippen molar-refractivity contribution >= 4 is 11.8 Å². The van der Waals surface area contributed by atoms with E-state index in [4.69, 9.17) is 0 Å². The Kier molecular flexibility index (Phi) is 1.03. The van der Waals surface area contributed by atoms with Crippen LogP contribution in [0.2, 0.25) is 0 Å². The number of aromatic nitrogens is 1. The number of carbonyl (C=O) groups is 2. The molecule has 1 aromatic rings. The van der Waals surface area contributed by atoms with Crippen molar-refractivity contribution in [1.82, 2.24) is 10.3 Å². The van der Waals surface area contributed by atoms with Crippen LogP contribution in [0.1, 0.15) is 20.7 Å². The standard InChI is InChI=1S/C7H3N2O2/c10-6-4-1-2-8-3-5(4)7(11)9-6/h1-3H. The summed E-state index contributed by atoms with van der Waals surface area (Å²) in [7, 11) is 0. The molecule has 2 heterocycles. The molecule has 0 bridgehead atoms. The fourth-order valence-electron chi connectivity index (χ4n) is 0.964. The van der Waals surface area contributed by atoms with Gasteiger partial charge in [0.15, 0.2) is 0 Å². The summed E-state index contributed by atoms with van der Waals surface area (Å²) in [4.78, 5) is 25.4. The number of amides is 2. The van der Waals surface area contributed by atoms with Gasteiger partial charge in [0.25, 0.3) is 11.8 Å². The van der Waals surface area contributed by atoms with Crippen molar-refractivity contribution < 1.29 is 9.59 Å². The molecule has 1 aliphatic heterocycles. The second-order valence-electron chi connectivity index (χ2n) is 2.14. The number of carbonyl (C=O) groups excluding carboxylic acids is 2. The van der Waals surface area contributed by atoms with Crippen LogP contribution in [0.4, 0.5) is 0 Å². The van der Waals surface area contributed by atoms with Gasteiger partial charge in [-0.1, -0.05) is 0 Å². The highest BCUT2D eigenvalue weighted by atomic mass is 16.2. The first-order valence-electron chi connectivity index (χ1n) is 3.03. The minimum atomic E-state index is -0.488. The third-order valence-electron chi connectivity index (χ3n) is 1.48. The van der Waals surface area contributed by atoms with Crippen molar-refractivity contribution in [2.45, 2.75) is 0 Å². The van der Waals surface area contributed by atoms with Crippen molar-refractivity contribution in [3.8, 4) is 0 Å². The summed E-state index contributed by atoms with van der Waals surface area (Å²) in [5.74, 6) is -0.953. The minimum Gasteiger partial charge on any atom is -0.267 e. The molecular weight excluding hydrogens is 144 g/mol. The lowest BCUT2D eigenvalue weighted by Crippen LogP contribution is -2.10. The molecule has 0 aliphatic carbocycles. The molecule has 4 heteroatoms. The van der Waals surface area contributed by atoms with Crippen LogP contribution in [0.25, 0.3) is 0 Å². The molecule has 0 spiro atoms. The van der Waals surface area contributed by atoms with E-state index in [0.29, 0.717) is 11.1 Å². The highest BCUT2D eigenvalue weighted by Crippen LogP contribution is 2.13. The van der Waals surface area contributed by atoms with Gasteiger partial charge in [0, 0.05) is 12.4 Å². The highest BCUT2D eigenvalue weighted by molar-refractivity contribution is 6.20. The summed E-state index contributed by atoms with van der Waals surface area (Å²) in [6.07, 6.45) is 2.82. The zero-order valence-corrected chi connectivity index (χ0v) is 5.44. The molecule has 1 radical (unpaired) electrons. The van der Waals surface area contributed by atoms with Gasteiger partial charge >= 0.3 is 0 Å². The van der Waals surface area contributed by atoms with Crippen LogP contribution in [0.15, 0.2) is 18.5 Å². The van der Waals surface area contributed by atoms with E-state index in [9.17, 15) is 9.59 Å². The average molecular weight is 147 g/mol. The Morgan fingerprint density at radius 2 is 1.82 bits per heavy atom. The predicted octanol–water partition coefficient (Wildman–Crippen LogP) is -0.0200. The molecule has 1 aromatic heterocycles. The van der Waals surface area contributed by atoms with E-state index in [1.165, 1.54) is 18.5 Å². The van der Waals surface area contributed by atoms with E-state index in [0.717, 1.165) is 0 Å². The average Bonchev–Trinajstić information content (AvgIpc) is 2.30. The molecule has 0 aromatic carbocycles. The third kappa shape index (κ3) is 0.724. The van der Waals surface area contributed by atoms with E-state index in [1.54, 1.807) is 0 Å². The van der Waals surface area contributed by atoms with Gasteiger partial charge in [0.1, 0.15) is 0 Å². The molecule has 2 amide bonds. The second-order valence-corrected chi connectivity index (χ2v) is 2.14. The Hall–Kier alpha value is -1.71. The minimum absolute atomic E-state index is 0.303. The summed E-state index contributed by atoms with van der Waals surface area (Å²) in [6.45, 7) is 0. The van der Waals surface area contributed by atoms with E-state index < -0.39 is 11.8 Å². The molecule has 2 rings (SSSR count). The lowest BCUT2D eigenvalue weighted by atomic mass is 10.2. The number of rotatable bonds is 0. The van der Waals surface area contributed by atoms with E-state index in [-0.39, 0.29) is 0 Å². The van der Waals surface area contributed by atoms with Crippen LogP contribution >= 0.6 is 0 Å². The molecule has 0 fully saturated rings. The summed E-state index contributed by atoms with van der Waals surface area (Å²) in [6, 6.07) is 1.49. The van der Waals surface area contributed by atoms with Gasteiger partial charge in [-0.2, -0.15) is 5.32 Å². The highest BCUT2D eigenvalue weighted by Gasteiger charge is 2.28. The topological polar surface area (TPSA) is 61.1 Å². The van der Waals surface area contributed by atoms with Crippen LogP contribution in [0.3, 0.4) is 0 Å². The zero-order valence-electron chi connectivity index (χ0n) is 5.44. The monoisotopic (exact) mass is 147 g/mol. The van der Waals surface area contributed by atoms with Crippen LogP contribution in [0.5, 0.6) is 0 Å². The van der Waals surface area contributed by atoms with Crippen LogP contribution in [-0.4, -0.2) is 16.8 Å².